The molecule has 1 rings (SSSR count). The Bertz CT molecular complexity index is 567. The summed E-state index contributed by atoms with van der Waals surface area (Å²) in [5.41, 5.74) is -0.0673. The first-order valence-electron chi connectivity index (χ1n) is 6.85. The molecule has 0 aromatic heterocycles. The number of allylic oxidation sites excluding steroid dienone is 1. The van der Waals surface area contributed by atoms with Gasteiger partial charge in [0.15, 0.2) is 0 Å². The summed E-state index contributed by atoms with van der Waals surface area (Å²) in [7, 11) is 0. The maximum absolute atomic E-state index is 11.8. The number of ether oxygens (including phenoxy) is 2. The van der Waals surface area contributed by atoms with E-state index in [2.05, 4.69) is 0 Å². The van der Waals surface area contributed by atoms with Gasteiger partial charge in [-0.15, -0.1) is 0 Å². The molecule has 7 nitrogen and oxygen atoms in total. The third kappa shape index (κ3) is 7.23. The first-order valence-corrected chi connectivity index (χ1v) is 6.85. The van der Waals surface area contributed by atoms with E-state index in [9.17, 15) is 14.4 Å². The van der Waals surface area contributed by atoms with Crippen molar-refractivity contribution in [3.05, 3.63) is 47.5 Å². The zero-order valence-electron chi connectivity index (χ0n) is 13.0. The Morgan fingerprint density at radius 2 is 1.61 bits per heavy atom. The lowest BCUT2D eigenvalue weighted by molar-refractivity contribution is -0.137. The van der Waals surface area contributed by atoms with Crippen LogP contribution in [0.2, 0.25) is 0 Å². The molecule has 0 aliphatic heterocycles. The third-order valence-electron chi connectivity index (χ3n) is 2.70. The Morgan fingerprint density at radius 1 is 1.04 bits per heavy atom. The van der Waals surface area contributed by atoms with Crippen LogP contribution in [0.1, 0.15) is 40.5 Å². The fourth-order valence-electron chi connectivity index (χ4n) is 1.65. The van der Waals surface area contributed by atoms with Crippen LogP contribution in [-0.4, -0.2) is 36.2 Å². The zero-order chi connectivity index (χ0) is 16.4. The molecule has 7 heteroatoms. The maximum Gasteiger partial charge on any atom is 0.339 e. The number of benzene rings is 1. The minimum Gasteiger partial charge on any atom is -0.478 e. The second kappa shape index (κ2) is 11.0. The molecule has 0 atom stereocenters. The van der Waals surface area contributed by atoms with Crippen LogP contribution in [0.15, 0.2) is 36.4 Å². The summed E-state index contributed by atoms with van der Waals surface area (Å²) >= 11 is 0. The van der Waals surface area contributed by atoms with E-state index in [1.165, 1.54) is 18.2 Å². The number of aromatic carboxylic acids is 1. The van der Waals surface area contributed by atoms with Crippen molar-refractivity contribution >= 4 is 17.9 Å². The van der Waals surface area contributed by atoms with Crippen LogP contribution in [0.3, 0.4) is 0 Å². The van der Waals surface area contributed by atoms with Gasteiger partial charge in [0.2, 0.25) is 0 Å². The minimum atomic E-state index is -1.18. The Labute approximate surface area is 134 Å². The van der Waals surface area contributed by atoms with Crippen LogP contribution < -0.4 is 6.15 Å². The topological polar surface area (TPSA) is 125 Å². The standard InChI is InChI=1S/C16H18O6.H3N/c1-2-7-14(17)21-10-5-6-11-22-16(20)13-9-4-3-8-12(13)15(18)19;/h2-4,7-9H,5-6,10-11H2,1H3,(H,18,19);1H3. The summed E-state index contributed by atoms with van der Waals surface area (Å²) in [4.78, 5) is 33.8. The predicted molar refractivity (Wildman–Crippen MR) is 83.7 cm³/mol. The van der Waals surface area contributed by atoms with Crippen molar-refractivity contribution < 1.29 is 29.0 Å². The minimum absolute atomic E-state index is 0. The highest BCUT2D eigenvalue weighted by molar-refractivity contribution is 6.02. The van der Waals surface area contributed by atoms with Crippen molar-refractivity contribution in [3.63, 3.8) is 0 Å². The van der Waals surface area contributed by atoms with E-state index in [-0.39, 0.29) is 30.5 Å². The number of carboxylic acids is 1. The van der Waals surface area contributed by atoms with Crippen molar-refractivity contribution in [2.75, 3.05) is 13.2 Å². The molecule has 0 unspecified atom stereocenters. The van der Waals surface area contributed by atoms with Crippen molar-refractivity contribution in [1.29, 1.82) is 0 Å². The van der Waals surface area contributed by atoms with Gasteiger partial charge in [0, 0.05) is 6.08 Å². The molecular weight excluding hydrogens is 302 g/mol. The van der Waals surface area contributed by atoms with Crippen LogP contribution in [0.5, 0.6) is 0 Å². The quantitative estimate of drug-likeness (QED) is 0.428. The number of unbranched alkanes of at least 4 members (excludes halogenated alkanes) is 1. The van der Waals surface area contributed by atoms with Gasteiger partial charge in [-0.25, -0.2) is 14.4 Å². The van der Waals surface area contributed by atoms with Crippen LogP contribution in [-0.2, 0) is 14.3 Å². The lowest BCUT2D eigenvalue weighted by Crippen LogP contribution is -2.12. The van der Waals surface area contributed by atoms with Crippen molar-refractivity contribution in [1.82, 2.24) is 6.15 Å². The van der Waals surface area contributed by atoms with Gasteiger partial charge in [-0.1, -0.05) is 18.2 Å². The summed E-state index contributed by atoms with van der Waals surface area (Å²) in [5.74, 6) is -2.26. The number of carbonyl (C=O) groups is 3. The van der Waals surface area contributed by atoms with E-state index in [1.807, 2.05) is 0 Å². The van der Waals surface area contributed by atoms with Gasteiger partial charge in [-0.05, 0) is 31.9 Å². The molecule has 0 fully saturated rings. The number of carbonyl (C=O) groups excluding carboxylic acids is 2. The lowest BCUT2D eigenvalue weighted by atomic mass is 10.1. The van der Waals surface area contributed by atoms with E-state index in [1.54, 1.807) is 25.1 Å². The molecule has 4 N–H and O–H groups in total. The molecule has 0 saturated carbocycles. The van der Waals surface area contributed by atoms with Gasteiger partial charge in [0.05, 0.1) is 24.3 Å². The molecule has 0 aliphatic carbocycles. The highest BCUT2D eigenvalue weighted by Crippen LogP contribution is 2.10. The largest absolute Gasteiger partial charge is 0.478 e. The van der Waals surface area contributed by atoms with Gasteiger partial charge in [-0.2, -0.15) is 0 Å². The van der Waals surface area contributed by atoms with Crippen LogP contribution in [0.4, 0.5) is 0 Å². The molecule has 126 valence electrons. The highest BCUT2D eigenvalue weighted by atomic mass is 16.5. The molecule has 0 spiro atoms. The average Bonchev–Trinajstić information content (AvgIpc) is 2.50. The predicted octanol–water partition coefficient (Wildman–Crippen LogP) is 2.60. The molecule has 0 bridgehead atoms. The summed E-state index contributed by atoms with van der Waals surface area (Å²) in [6.45, 7) is 2.09. The van der Waals surface area contributed by atoms with Crippen molar-refractivity contribution in [2.45, 2.75) is 19.8 Å². The SMILES string of the molecule is CC=CC(=O)OCCCCOC(=O)c1ccccc1C(=O)O.N. The molecular formula is C16H21NO6. The Balaban J connectivity index is 0.00000484. The van der Waals surface area contributed by atoms with E-state index in [0.29, 0.717) is 12.8 Å². The number of esters is 2. The first-order chi connectivity index (χ1) is 10.6. The van der Waals surface area contributed by atoms with Gasteiger partial charge in [0.25, 0.3) is 0 Å². The van der Waals surface area contributed by atoms with E-state index in [4.69, 9.17) is 14.6 Å². The summed E-state index contributed by atoms with van der Waals surface area (Å²) in [6.07, 6.45) is 3.98. The van der Waals surface area contributed by atoms with E-state index >= 15 is 0 Å². The fraction of sp³-hybridized carbons (Fsp3) is 0.312. The Kier molecular flexibility index (Phi) is 9.70. The van der Waals surface area contributed by atoms with Gasteiger partial charge in [0.1, 0.15) is 0 Å². The maximum atomic E-state index is 11.8. The number of rotatable bonds is 8. The molecule has 23 heavy (non-hydrogen) atoms. The van der Waals surface area contributed by atoms with Gasteiger partial charge >= 0.3 is 17.9 Å². The van der Waals surface area contributed by atoms with Crippen molar-refractivity contribution in [2.24, 2.45) is 0 Å². The van der Waals surface area contributed by atoms with Crippen LogP contribution in [0, 0.1) is 0 Å². The average molecular weight is 323 g/mol. The monoisotopic (exact) mass is 323 g/mol. The smallest absolute Gasteiger partial charge is 0.339 e. The number of carboxylic acid groups (broad SMARTS) is 1. The summed E-state index contributed by atoms with van der Waals surface area (Å²) < 4.78 is 9.90. The molecule has 0 amide bonds. The molecule has 1 aromatic rings. The normalized spacial score (nSPS) is 9.96. The second-order valence-electron chi connectivity index (χ2n) is 4.36. The van der Waals surface area contributed by atoms with Gasteiger partial charge in [-0.3, -0.25) is 0 Å². The first kappa shape index (κ1) is 20.3. The number of hydrogen-bond donors (Lipinski definition) is 2. The number of hydrogen-bond acceptors (Lipinski definition) is 6. The lowest BCUT2D eigenvalue weighted by Gasteiger charge is -2.07. The van der Waals surface area contributed by atoms with Crippen LogP contribution in [0.25, 0.3) is 0 Å². The third-order valence-corrected chi connectivity index (χ3v) is 2.70. The highest BCUT2D eigenvalue weighted by Gasteiger charge is 2.16. The fourth-order valence-corrected chi connectivity index (χ4v) is 1.65. The van der Waals surface area contributed by atoms with Crippen molar-refractivity contribution in [3.8, 4) is 0 Å². The summed E-state index contributed by atoms with van der Waals surface area (Å²) in [6, 6.07) is 5.87. The Morgan fingerprint density at radius 3 is 2.17 bits per heavy atom. The zero-order valence-corrected chi connectivity index (χ0v) is 13.0. The molecule has 0 heterocycles. The Hall–Kier alpha value is -2.67. The molecule has 0 radical (unpaired) electrons. The van der Waals surface area contributed by atoms with Crippen LogP contribution >= 0.6 is 0 Å². The summed E-state index contributed by atoms with van der Waals surface area (Å²) in [5, 5.41) is 8.99. The molecule has 0 saturated heterocycles. The van der Waals surface area contributed by atoms with Gasteiger partial charge < -0.3 is 20.7 Å². The van der Waals surface area contributed by atoms with E-state index < -0.39 is 17.9 Å². The molecule has 1 aromatic carbocycles. The second-order valence-corrected chi connectivity index (χ2v) is 4.36. The molecule has 0 aliphatic rings. The van der Waals surface area contributed by atoms with E-state index in [0.717, 1.165) is 0 Å².